The molecule has 0 unspecified atom stereocenters. The molecule has 1 aliphatic carbocycles. The summed E-state index contributed by atoms with van der Waals surface area (Å²) in [5, 5.41) is 4.15. The number of anilines is 1. The molecule has 3 heterocycles. The van der Waals surface area contributed by atoms with Gasteiger partial charge in [-0.05, 0) is 31.4 Å². The van der Waals surface area contributed by atoms with E-state index in [-0.39, 0.29) is 0 Å². The summed E-state index contributed by atoms with van der Waals surface area (Å²) >= 11 is 0. The third-order valence-corrected chi connectivity index (χ3v) is 5.04. The Morgan fingerprint density at radius 3 is 2.88 bits per heavy atom. The quantitative estimate of drug-likeness (QED) is 0.788. The van der Waals surface area contributed by atoms with Crippen molar-refractivity contribution in [2.24, 2.45) is 0 Å². The lowest BCUT2D eigenvalue weighted by atomic mass is 10.3. The zero-order chi connectivity index (χ0) is 16.6. The molecule has 0 amide bonds. The molecule has 0 spiro atoms. The molecule has 1 aliphatic heterocycles. The van der Waals surface area contributed by atoms with Crippen LogP contribution in [0, 0.1) is 0 Å². The van der Waals surface area contributed by atoms with Gasteiger partial charge in [0, 0.05) is 32.1 Å². The second kappa shape index (κ2) is 6.15. The van der Waals surface area contributed by atoms with Gasteiger partial charge in [-0.15, -0.1) is 0 Å². The van der Waals surface area contributed by atoms with E-state index in [1.54, 1.807) is 0 Å². The first-order valence-corrected chi connectivity index (χ1v) is 9.10. The van der Waals surface area contributed by atoms with Crippen molar-refractivity contribution in [1.29, 1.82) is 0 Å². The van der Waals surface area contributed by atoms with Gasteiger partial charge in [0.1, 0.15) is 0 Å². The number of aromatic nitrogens is 4. The summed E-state index contributed by atoms with van der Waals surface area (Å²) in [5.74, 6) is 3.14. The van der Waals surface area contributed by atoms with Crippen LogP contribution in [0.3, 0.4) is 0 Å². The molecule has 0 radical (unpaired) electrons. The van der Waals surface area contributed by atoms with Gasteiger partial charge in [0.25, 0.3) is 0 Å². The SMILES string of the molecule is c1ccc2[nH]c(N3CCCN(Cc4noc(C5CC5)n4)CC3)nc2c1. The molecular weight excluding hydrogens is 316 g/mol. The van der Waals surface area contributed by atoms with E-state index in [1.807, 2.05) is 18.2 Å². The van der Waals surface area contributed by atoms with E-state index < -0.39 is 0 Å². The van der Waals surface area contributed by atoms with Crippen molar-refractivity contribution in [2.75, 3.05) is 31.1 Å². The van der Waals surface area contributed by atoms with E-state index in [1.165, 1.54) is 12.8 Å². The Bertz CT molecular complexity index is 834. The predicted molar refractivity (Wildman–Crippen MR) is 94.5 cm³/mol. The minimum absolute atomic E-state index is 0.522. The van der Waals surface area contributed by atoms with Gasteiger partial charge < -0.3 is 14.4 Å². The minimum atomic E-state index is 0.522. The highest BCUT2D eigenvalue weighted by Crippen LogP contribution is 2.38. The number of fused-ring (bicyclic) bond motifs is 1. The largest absolute Gasteiger partial charge is 0.341 e. The Labute approximate surface area is 146 Å². The minimum Gasteiger partial charge on any atom is -0.341 e. The van der Waals surface area contributed by atoms with E-state index in [0.29, 0.717) is 5.92 Å². The number of benzene rings is 1. The molecule has 1 N–H and O–H groups in total. The standard InChI is InChI=1S/C18H22N6O/c1-2-5-15-14(4-1)19-18(20-15)24-9-3-8-23(10-11-24)12-16-21-17(25-22-16)13-6-7-13/h1-2,4-5,13H,3,6-12H2,(H,19,20). The van der Waals surface area contributed by atoms with E-state index in [2.05, 4.69) is 31.0 Å². The highest BCUT2D eigenvalue weighted by Gasteiger charge is 2.30. The highest BCUT2D eigenvalue weighted by atomic mass is 16.5. The number of imidazole rings is 1. The maximum absolute atomic E-state index is 5.37. The van der Waals surface area contributed by atoms with Gasteiger partial charge in [0.05, 0.1) is 17.6 Å². The lowest BCUT2D eigenvalue weighted by Crippen LogP contribution is -2.31. The molecule has 7 heteroatoms. The van der Waals surface area contributed by atoms with Crippen LogP contribution in [0.2, 0.25) is 0 Å². The molecule has 2 aromatic heterocycles. The first kappa shape index (κ1) is 14.9. The number of rotatable bonds is 4. The molecule has 0 atom stereocenters. The van der Waals surface area contributed by atoms with Crippen LogP contribution in [0.1, 0.15) is 36.9 Å². The van der Waals surface area contributed by atoms with Crippen LogP contribution < -0.4 is 4.90 Å². The van der Waals surface area contributed by atoms with Crippen LogP contribution in [-0.2, 0) is 6.54 Å². The number of para-hydroxylation sites is 2. The van der Waals surface area contributed by atoms with Crippen molar-refractivity contribution in [1.82, 2.24) is 25.0 Å². The molecular formula is C18H22N6O. The maximum Gasteiger partial charge on any atom is 0.229 e. The normalized spacial score (nSPS) is 19.4. The summed E-state index contributed by atoms with van der Waals surface area (Å²) in [7, 11) is 0. The maximum atomic E-state index is 5.37. The molecule has 1 saturated carbocycles. The number of hydrogen-bond donors (Lipinski definition) is 1. The second-order valence-electron chi connectivity index (χ2n) is 7.02. The molecule has 0 bridgehead atoms. The zero-order valence-electron chi connectivity index (χ0n) is 14.2. The van der Waals surface area contributed by atoms with Gasteiger partial charge in [-0.1, -0.05) is 17.3 Å². The van der Waals surface area contributed by atoms with E-state index in [0.717, 1.165) is 67.8 Å². The summed E-state index contributed by atoms with van der Waals surface area (Å²) in [6.45, 7) is 4.75. The van der Waals surface area contributed by atoms with E-state index in [4.69, 9.17) is 9.51 Å². The van der Waals surface area contributed by atoms with Gasteiger partial charge in [0.15, 0.2) is 5.82 Å². The van der Waals surface area contributed by atoms with Crippen molar-refractivity contribution in [3.8, 4) is 0 Å². The van der Waals surface area contributed by atoms with Crippen molar-refractivity contribution >= 4 is 17.0 Å². The second-order valence-corrected chi connectivity index (χ2v) is 7.02. The van der Waals surface area contributed by atoms with Gasteiger partial charge in [-0.2, -0.15) is 4.98 Å². The van der Waals surface area contributed by atoms with Gasteiger partial charge in [-0.3, -0.25) is 4.90 Å². The fourth-order valence-electron chi connectivity index (χ4n) is 3.46. The number of nitrogens with zero attached hydrogens (tertiary/aromatic N) is 5. The Balaban J connectivity index is 1.24. The fourth-order valence-corrected chi connectivity index (χ4v) is 3.46. The van der Waals surface area contributed by atoms with E-state index >= 15 is 0 Å². The molecule has 5 rings (SSSR count). The number of nitrogens with one attached hydrogen (secondary N) is 1. The van der Waals surface area contributed by atoms with Crippen LogP contribution in [0.25, 0.3) is 11.0 Å². The van der Waals surface area contributed by atoms with Crippen molar-refractivity contribution in [3.63, 3.8) is 0 Å². The fraction of sp³-hybridized carbons (Fsp3) is 0.500. The lowest BCUT2D eigenvalue weighted by molar-refractivity contribution is 0.271. The Morgan fingerprint density at radius 1 is 1.08 bits per heavy atom. The van der Waals surface area contributed by atoms with E-state index in [9.17, 15) is 0 Å². The first-order chi connectivity index (χ1) is 12.3. The Morgan fingerprint density at radius 2 is 2.00 bits per heavy atom. The summed E-state index contributed by atoms with van der Waals surface area (Å²) in [6.07, 6.45) is 3.49. The van der Waals surface area contributed by atoms with Crippen molar-refractivity contribution in [3.05, 3.63) is 36.0 Å². The van der Waals surface area contributed by atoms with Crippen molar-refractivity contribution < 1.29 is 4.52 Å². The zero-order valence-corrected chi connectivity index (χ0v) is 14.2. The summed E-state index contributed by atoms with van der Waals surface area (Å²) in [5.41, 5.74) is 2.12. The Hall–Kier alpha value is -2.41. The molecule has 3 aromatic rings. The van der Waals surface area contributed by atoms with Gasteiger partial charge in [-0.25, -0.2) is 4.98 Å². The average molecular weight is 338 g/mol. The first-order valence-electron chi connectivity index (χ1n) is 9.10. The summed E-state index contributed by atoms with van der Waals surface area (Å²) < 4.78 is 5.37. The molecule has 1 aromatic carbocycles. The number of aromatic amines is 1. The molecule has 7 nitrogen and oxygen atoms in total. The topological polar surface area (TPSA) is 74.1 Å². The average Bonchev–Trinajstić information content (AvgIpc) is 3.29. The van der Waals surface area contributed by atoms with Gasteiger partial charge in [0.2, 0.25) is 11.8 Å². The van der Waals surface area contributed by atoms with Crippen LogP contribution in [0.15, 0.2) is 28.8 Å². The summed E-state index contributed by atoms with van der Waals surface area (Å²) in [6, 6.07) is 8.18. The van der Waals surface area contributed by atoms with Crippen LogP contribution in [0.4, 0.5) is 5.95 Å². The third-order valence-electron chi connectivity index (χ3n) is 5.04. The van der Waals surface area contributed by atoms with Crippen LogP contribution in [0.5, 0.6) is 0 Å². The molecule has 1 saturated heterocycles. The Kier molecular flexibility index (Phi) is 3.66. The summed E-state index contributed by atoms with van der Waals surface area (Å²) in [4.78, 5) is 17.5. The van der Waals surface area contributed by atoms with Crippen molar-refractivity contribution in [2.45, 2.75) is 31.7 Å². The molecule has 130 valence electrons. The third kappa shape index (κ3) is 3.11. The molecule has 25 heavy (non-hydrogen) atoms. The molecule has 2 fully saturated rings. The van der Waals surface area contributed by atoms with Crippen LogP contribution >= 0.6 is 0 Å². The highest BCUT2D eigenvalue weighted by molar-refractivity contribution is 5.77. The predicted octanol–water partition coefficient (Wildman–Crippen LogP) is 2.54. The van der Waals surface area contributed by atoms with Crippen LogP contribution in [-0.4, -0.2) is 51.2 Å². The lowest BCUT2D eigenvalue weighted by Gasteiger charge is -2.20. The van der Waals surface area contributed by atoms with Gasteiger partial charge >= 0.3 is 0 Å². The number of hydrogen-bond acceptors (Lipinski definition) is 6. The molecule has 2 aliphatic rings. The monoisotopic (exact) mass is 338 g/mol. The number of H-pyrrole nitrogens is 1. The smallest absolute Gasteiger partial charge is 0.229 e.